The third kappa shape index (κ3) is 3.92. The lowest BCUT2D eigenvalue weighted by Crippen LogP contribution is -2.61. The van der Waals surface area contributed by atoms with Crippen molar-refractivity contribution in [1.29, 1.82) is 0 Å². The molecule has 2 heterocycles. The number of nitrogens with zero attached hydrogens (tertiary/aromatic N) is 3. The van der Waals surface area contributed by atoms with Crippen molar-refractivity contribution < 1.29 is 44.3 Å². The molecule has 5 nitrogen and oxygen atoms in total. The number of aryl methyl sites for hydroxylation is 1. The van der Waals surface area contributed by atoms with Crippen LogP contribution in [0, 0.1) is 0 Å². The summed E-state index contributed by atoms with van der Waals surface area (Å²) in [7, 11) is 1.20. The fourth-order valence-corrected chi connectivity index (χ4v) is 3.65. The Kier molecular flexibility index (Phi) is 5.95. The molecule has 0 N–H and O–H groups in total. The predicted octanol–water partition coefficient (Wildman–Crippen LogP) is 4.46. The molecule has 0 spiro atoms. The summed E-state index contributed by atoms with van der Waals surface area (Å²) in [6, 6.07) is 3.46. The van der Waals surface area contributed by atoms with Gasteiger partial charge in [-0.15, -0.1) is 0 Å². The molecule has 1 fully saturated rings. The average Bonchev–Trinajstić information content (AvgIpc) is 3.13. The molecule has 182 valence electrons. The van der Waals surface area contributed by atoms with E-state index in [1.807, 2.05) is 0 Å². The Morgan fingerprint density at radius 3 is 2.12 bits per heavy atom. The standard InChI is InChI=1S/C19H16F9N3O2/c1-30-11-6-3-2-5-10(11)29-14(15(30)33)12(31-8-4-7-13(31)32)9-16(20,21)17(22,23)18(24,25)19(26,27)28/h2-3,5-6,12H,4,7-9H2,1H3/t12-/m0/s1. The lowest BCUT2D eigenvalue weighted by atomic mass is 9.95. The molecule has 3 rings (SSSR count). The Morgan fingerprint density at radius 1 is 0.970 bits per heavy atom. The fourth-order valence-electron chi connectivity index (χ4n) is 3.65. The van der Waals surface area contributed by atoms with E-state index in [-0.39, 0.29) is 30.4 Å². The van der Waals surface area contributed by atoms with Crippen molar-refractivity contribution in [2.45, 2.75) is 49.2 Å². The van der Waals surface area contributed by atoms with Crippen LogP contribution in [0.5, 0.6) is 0 Å². The summed E-state index contributed by atoms with van der Waals surface area (Å²) in [6.45, 7) is -0.307. The fraction of sp³-hybridized carbons (Fsp3) is 0.526. The lowest BCUT2D eigenvalue weighted by Gasteiger charge is -2.37. The molecule has 1 aromatic heterocycles. The van der Waals surface area contributed by atoms with Gasteiger partial charge < -0.3 is 9.47 Å². The van der Waals surface area contributed by atoms with Crippen LogP contribution in [0.4, 0.5) is 39.5 Å². The molecule has 1 atom stereocenters. The highest BCUT2D eigenvalue weighted by Crippen LogP contribution is 2.55. The van der Waals surface area contributed by atoms with Crippen LogP contribution in [0.25, 0.3) is 11.0 Å². The van der Waals surface area contributed by atoms with Gasteiger partial charge in [-0.05, 0) is 18.6 Å². The number of carbonyl (C=O) groups is 1. The SMILES string of the molecule is Cn1c(=O)c([C@H](CC(F)(F)C(F)(F)C(F)(F)C(F)(F)F)N2CCCC2=O)nc2ccccc21. The second-order valence-electron chi connectivity index (χ2n) is 7.61. The molecule has 1 aromatic carbocycles. The Labute approximate surface area is 179 Å². The number of hydrogen-bond donors (Lipinski definition) is 0. The van der Waals surface area contributed by atoms with E-state index in [0.29, 0.717) is 4.90 Å². The summed E-state index contributed by atoms with van der Waals surface area (Å²) in [4.78, 5) is 29.4. The quantitative estimate of drug-likeness (QED) is 0.564. The van der Waals surface area contributed by atoms with Crippen LogP contribution in [-0.2, 0) is 11.8 Å². The monoisotopic (exact) mass is 489 g/mol. The number of amides is 1. The number of alkyl halides is 9. The molecule has 1 amide bonds. The number of fused-ring (bicyclic) bond motifs is 1. The van der Waals surface area contributed by atoms with Gasteiger partial charge in [0.1, 0.15) is 5.69 Å². The Bertz CT molecular complexity index is 1130. The average molecular weight is 489 g/mol. The van der Waals surface area contributed by atoms with Crippen LogP contribution in [0.15, 0.2) is 29.1 Å². The van der Waals surface area contributed by atoms with Gasteiger partial charge in [0, 0.05) is 26.4 Å². The highest BCUT2D eigenvalue weighted by molar-refractivity contribution is 5.79. The minimum absolute atomic E-state index is 0.0296. The summed E-state index contributed by atoms with van der Waals surface area (Å²) >= 11 is 0. The van der Waals surface area contributed by atoms with Crippen LogP contribution < -0.4 is 5.56 Å². The van der Waals surface area contributed by atoms with Crippen molar-refractivity contribution in [1.82, 2.24) is 14.5 Å². The van der Waals surface area contributed by atoms with E-state index in [0.717, 1.165) is 4.57 Å². The van der Waals surface area contributed by atoms with Crippen LogP contribution >= 0.6 is 0 Å². The summed E-state index contributed by atoms with van der Waals surface area (Å²) < 4.78 is 122. The van der Waals surface area contributed by atoms with Crippen LogP contribution in [0.2, 0.25) is 0 Å². The van der Waals surface area contributed by atoms with Crippen molar-refractivity contribution >= 4 is 16.9 Å². The van der Waals surface area contributed by atoms with Gasteiger partial charge in [-0.3, -0.25) is 9.59 Å². The van der Waals surface area contributed by atoms with Crippen molar-refractivity contribution in [2.75, 3.05) is 6.54 Å². The number of benzene rings is 1. The van der Waals surface area contributed by atoms with E-state index >= 15 is 0 Å². The number of rotatable bonds is 6. The van der Waals surface area contributed by atoms with Gasteiger partial charge in [-0.2, -0.15) is 39.5 Å². The molecule has 0 bridgehead atoms. The van der Waals surface area contributed by atoms with Gasteiger partial charge in [0.15, 0.2) is 0 Å². The predicted molar refractivity (Wildman–Crippen MR) is 96.2 cm³/mol. The first-order valence-corrected chi connectivity index (χ1v) is 9.48. The molecule has 0 saturated carbocycles. The Balaban J connectivity index is 2.16. The third-order valence-corrected chi connectivity index (χ3v) is 5.47. The van der Waals surface area contributed by atoms with E-state index in [4.69, 9.17) is 0 Å². The zero-order valence-electron chi connectivity index (χ0n) is 16.8. The van der Waals surface area contributed by atoms with Crippen LogP contribution in [0.3, 0.4) is 0 Å². The largest absolute Gasteiger partial charge is 0.460 e. The first-order valence-electron chi connectivity index (χ1n) is 9.48. The minimum Gasteiger partial charge on any atom is -0.334 e. The molecular formula is C19H16F9N3O2. The molecule has 2 aromatic rings. The zero-order chi connectivity index (χ0) is 25.0. The van der Waals surface area contributed by atoms with E-state index in [1.165, 1.54) is 31.3 Å². The first kappa shape index (κ1) is 24.8. The Morgan fingerprint density at radius 2 is 1.58 bits per heavy atom. The van der Waals surface area contributed by atoms with Gasteiger partial charge in [-0.1, -0.05) is 12.1 Å². The van der Waals surface area contributed by atoms with Crippen LogP contribution in [-0.4, -0.2) is 50.8 Å². The second-order valence-corrected chi connectivity index (χ2v) is 7.61. The summed E-state index contributed by atoms with van der Waals surface area (Å²) in [5.41, 5.74) is -1.71. The summed E-state index contributed by atoms with van der Waals surface area (Å²) in [5.74, 6) is -20.8. The van der Waals surface area contributed by atoms with Gasteiger partial charge in [0.2, 0.25) is 5.91 Å². The molecule has 1 aliphatic heterocycles. The highest BCUT2D eigenvalue weighted by Gasteiger charge is 2.81. The molecule has 33 heavy (non-hydrogen) atoms. The van der Waals surface area contributed by atoms with Crippen molar-refractivity contribution in [3.63, 3.8) is 0 Å². The number of hydrogen-bond acceptors (Lipinski definition) is 3. The molecule has 14 heteroatoms. The molecule has 0 radical (unpaired) electrons. The summed E-state index contributed by atoms with van der Waals surface area (Å²) in [6.07, 6.45) is -9.50. The zero-order valence-corrected chi connectivity index (χ0v) is 16.8. The van der Waals surface area contributed by atoms with E-state index in [2.05, 4.69) is 4.98 Å². The summed E-state index contributed by atoms with van der Waals surface area (Å²) in [5, 5.41) is 0. The number of para-hydroxylation sites is 2. The van der Waals surface area contributed by atoms with E-state index in [9.17, 15) is 49.1 Å². The molecule has 0 unspecified atom stereocenters. The maximum absolute atomic E-state index is 14.5. The number of halogens is 9. The number of aromatic nitrogens is 2. The molecule has 1 saturated heterocycles. The molecular weight excluding hydrogens is 473 g/mol. The second kappa shape index (κ2) is 7.90. The van der Waals surface area contributed by atoms with Gasteiger partial charge in [-0.25, -0.2) is 4.98 Å². The number of likely N-dealkylation sites (tertiary alicyclic amines) is 1. The van der Waals surface area contributed by atoms with Crippen LogP contribution in [0.1, 0.15) is 31.0 Å². The molecule has 0 aliphatic carbocycles. The third-order valence-electron chi connectivity index (χ3n) is 5.47. The first-order chi connectivity index (χ1) is 15.0. The smallest absolute Gasteiger partial charge is 0.334 e. The van der Waals surface area contributed by atoms with Crippen molar-refractivity contribution in [2.24, 2.45) is 7.05 Å². The normalized spacial score (nSPS) is 17.2. The number of carbonyl (C=O) groups excluding carboxylic acids is 1. The van der Waals surface area contributed by atoms with Crippen molar-refractivity contribution in [3.8, 4) is 0 Å². The van der Waals surface area contributed by atoms with Gasteiger partial charge in [0.25, 0.3) is 5.56 Å². The van der Waals surface area contributed by atoms with E-state index < -0.39 is 53.6 Å². The lowest BCUT2D eigenvalue weighted by molar-refractivity contribution is -0.397. The van der Waals surface area contributed by atoms with Gasteiger partial charge in [0.05, 0.1) is 17.1 Å². The maximum atomic E-state index is 14.5. The van der Waals surface area contributed by atoms with Gasteiger partial charge >= 0.3 is 23.9 Å². The van der Waals surface area contributed by atoms with E-state index in [1.54, 1.807) is 0 Å². The molecule has 1 aliphatic rings. The topological polar surface area (TPSA) is 55.2 Å². The van der Waals surface area contributed by atoms with Crippen molar-refractivity contribution in [3.05, 3.63) is 40.3 Å². The Hall–Kier alpha value is -2.80. The minimum atomic E-state index is -7.08. The highest BCUT2D eigenvalue weighted by atomic mass is 19.4. The maximum Gasteiger partial charge on any atom is 0.460 e.